The standard InChI is InChI=1S/C23H17ClN4OS2/c1-30-15-7-4-13(5-8-15)21-19-20(27-23-25-12-26-28(21)23)16-11-14(24)6-9-17(16)29-22(19)18-3-2-10-31-18/h2-12,21-22H,1H3,(H,25,26,27)/t21-,22+/m1/s1. The molecule has 5 nitrogen and oxygen atoms in total. The Bertz CT molecular complexity index is 1300. The number of ether oxygens (including phenoxy) is 1. The van der Waals surface area contributed by atoms with Gasteiger partial charge in [0.15, 0.2) is 6.10 Å². The van der Waals surface area contributed by atoms with Gasteiger partial charge in [0.2, 0.25) is 5.95 Å². The molecular weight excluding hydrogens is 448 g/mol. The molecule has 154 valence electrons. The fourth-order valence-corrected chi connectivity index (χ4v) is 5.58. The van der Waals surface area contributed by atoms with Crippen molar-refractivity contribution in [1.29, 1.82) is 0 Å². The summed E-state index contributed by atoms with van der Waals surface area (Å²) in [6, 6.07) is 18.4. The number of thioether (sulfide) groups is 1. The molecule has 0 saturated heterocycles. The summed E-state index contributed by atoms with van der Waals surface area (Å²) in [4.78, 5) is 6.83. The van der Waals surface area contributed by atoms with E-state index in [1.54, 1.807) is 29.4 Å². The summed E-state index contributed by atoms with van der Waals surface area (Å²) in [7, 11) is 0. The number of aromatic nitrogens is 3. The summed E-state index contributed by atoms with van der Waals surface area (Å²) >= 11 is 9.79. The SMILES string of the molecule is CSc1ccc([C@@H]2C3=C(Nc4ncnn42)c2cc(Cl)ccc2O[C@H]3c2cccs2)cc1. The average molecular weight is 465 g/mol. The van der Waals surface area contributed by atoms with E-state index in [0.717, 1.165) is 33.0 Å². The lowest BCUT2D eigenvalue weighted by Gasteiger charge is -2.38. The Balaban J connectivity index is 1.62. The fourth-order valence-electron chi connectivity index (χ4n) is 4.23. The lowest BCUT2D eigenvalue weighted by molar-refractivity contribution is 0.226. The van der Waals surface area contributed by atoms with Crippen LogP contribution < -0.4 is 10.1 Å². The van der Waals surface area contributed by atoms with Crippen LogP contribution in [0.4, 0.5) is 5.95 Å². The minimum Gasteiger partial charge on any atom is -0.480 e. The van der Waals surface area contributed by atoms with Crippen molar-refractivity contribution < 1.29 is 4.74 Å². The molecule has 6 rings (SSSR count). The van der Waals surface area contributed by atoms with Crippen molar-refractivity contribution in [1.82, 2.24) is 14.8 Å². The second kappa shape index (κ2) is 7.44. The van der Waals surface area contributed by atoms with Crippen molar-refractivity contribution in [3.05, 3.63) is 92.9 Å². The van der Waals surface area contributed by atoms with E-state index >= 15 is 0 Å². The first-order chi connectivity index (χ1) is 15.2. The number of anilines is 1. The van der Waals surface area contributed by atoms with E-state index in [4.69, 9.17) is 16.3 Å². The van der Waals surface area contributed by atoms with Crippen LogP contribution in [0.5, 0.6) is 5.75 Å². The van der Waals surface area contributed by atoms with Crippen molar-refractivity contribution in [2.75, 3.05) is 11.6 Å². The van der Waals surface area contributed by atoms with E-state index in [1.807, 2.05) is 22.9 Å². The zero-order valence-electron chi connectivity index (χ0n) is 16.4. The molecule has 4 aromatic rings. The Labute approximate surface area is 192 Å². The Morgan fingerprint density at radius 2 is 2.03 bits per heavy atom. The van der Waals surface area contributed by atoms with Gasteiger partial charge in [0.1, 0.15) is 18.1 Å². The first kappa shape index (κ1) is 19.0. The Kier molecular flexibility index (Phi) is 4.56. The molecule has 0 bridgehead atoms. The molecule has 0 fully saturated rings. The number of hydrogen-bond donors (Lipinski definition) is 1. The van der Waals surface area contributed by atoms with Crippen molar-refractivity contribution in [3.63, 3.8) is 0 Å². The fraction of sp³-hybridized carbons (Fsp3) is 0.130. The maximum absolute atomic E-state index is 6.58. The molecule has 2 aliphatic rings. The third-order valence-corrected chi connectivity index (χ3v) is 7.50. The summed E-state index contributed by atoms with van der Waals surface area (Å²) < 4.78 is 8.51. The van der Waals surface area contributed by atoms with E-state index in [2.05, 4.69) is 63.4 Å². The molecule has 2 aromatic carbocycles. The highest BCUT2D eigenvalue weighted by Gasteiger charge is 2.41. The van der Waals surface area contributed by atoms with Crippen LogP contribution in [-0.4, -0.2) is 21.0 Å². The van der Waals surface area contributed by atoms with Gasteiger partial charge in [-0.1, -0.05) is 29.8 Å². The highest BCUT2D eigenvalue weighted by molar-refractivity contribution is 7.98. The van der Waals surface area contributed by atoms with E-state index in [9.17, 15) is 0 Å². The lowest BCUT2D eigenvalue weighted by Crippen LogP contribution is -2.32. The molecule has 0 aliphatic carbocycles. The van der Waals surface area contributed by atoms with Crippen molar-refractivity contribution in [2.24, 2.45) is 0 Å². The van der Waals surface area contributed by atoms with Crippen LogP contribution >= 0.6 is 34.7 Å². The molecule has 4 heterocycles. The second-order valence-corrected chi connectivity index (χ2v) is 9.61. The smallest absolute Gasteiger partial charge is 0.226 e. The Hall–Kier alpha value is -2.74. The van der Waals surface area contributed by atoms with Gasteiger partial charge in [0, 0.05) is 25.9 Å². The minimum atomic E-state index is -0.237. The first-order valence-electron chi connectivity index (χ1n) is 9.77. The molecule has 0 spiro atoms. The number of thiophene rings is 1. The number of fused-ring (bicyclic) bond motifs is 3. The zero-order chi connectivity index (χ0) is 20.9. The molecule has 2 atom stereocenters. The van der Waals surface area contributed by atoms with Gasteiger partial charge in [-0.05, 0) is 53.6 Å². The Morgan fingerprint density at radius 1 is 1.16 bits per heavy atom. The maximum atomic E-state index is 6.58. The summed E-state index contributed by atoms with van der Waals surface area (Å²) in [5.41, 5.74) is 4.16. The van der Waals surface area contributed by atoms with Crippen molar-refractivity contribution in [2.45, 2.75) is 17.0 Å². The van der Waals surface area contributed by atoms with E-state index in [0.29, 0.717) is 11.0 Å². The van der Waals surface area contributed by atoms with Gasteiger partial charge >= 0.3 is 0 Å². The number of nitrogens with zero attached hydrogens (tertiary/aromatic N) is 3. The van der Waals surface area contributed by atoms with E-state index < -0.39 is 0 Å². The van der Waals surface area contributed by atoms with Gasteiger partial charge in [-0.25, -0.2) is 4.68 Å². The Morgan fingerprint density at radius 3 is 2.81 bits per heavy atom. The molecule has 8 heteroatoms. The molecule has 0 radical (unpaired) electrons. The molecule has 31 heavy (non-hydrogen) atoms. The summed E-state index contributed by atoms with van der Waals surface area (Å²) in [5.74, 6) is 1.51. The van der Waals surface area contributed by atoms with Crippen LogP contribution in [0.15, 0.2) is 76.8 Å². The van der Waals surface area contributed by atoms with Gasteiger partial charge in [-0.15, -0.1) is 23.1 Å². The summed E-state index contributed by atoms with van der Waals surface area (Å²) in [6.45, 7) is 0. The van der Waals surface area contributed by atoms with Crippen LogP contribution in [-0.2, 0) is 0 Å². The topological polar surface area (TPSA) is 52.0 Å². The molecular formula is C23H17ClN4OS2. The molecule has 0 saturated carbocycles. The first-order valence-corrected chi connectivity index (χ1v) is 12.3. The van der Waals surface area contributed by atoms with Crippen molar-refractivity contribution >= 4 is 46.3 Å². The monoisotopic (exact) mass is 464 g/mol. The predicted molar refractivity (Wildman–Crippen MR) is 126 cm³/mol. The number of rotatable bonds is 3. The van der Waals surface area contributed by atoms with Gasteiger partial charge < -0.3 is 10.1 Å². The normalized spacial score (nSPS) is 19.2. The molecule has 1 N–H and O–H groups in total. The molecule has 2 aromatic heterocycles. The third kappa shape index (κ3) is 3.07. The number of nitrogens with one attached hydrogen (secondary N) is 1. The van der Waals surface area contributed by atoms with Crippen LogP contribution in [0.1, 0.15) is 28.1 Å². The molecule has 0 amide bonds. The number of halogens is 1. The summed E-state index contributed by atoms with van der Waals surface area (Å²) in [5, 5.41) is 10.8. The van der Waals surface area contributed by atoms with Gasteiger partial charge in [0.25, 0.3) is 0 Å². The van der Waals surface area contributed by atoms with E-state index in [1.165, 1.54) is 4.90 Å². The molecule has 2 aliphatic heterocycles. The highest BCUT2D eigenvalue weighted by atomic mass is 35.5. The van der Waals surface area contributed by atoms with Gasteiger partial charge in [0.05, 0.1) is 5.70 Å². The van der Waals surface area contributed by atoms with Gasteiger partial charge in [-0.2, -0.15) is 10.1 Å². The van der Waals surface area contributed by atoms with Crippen LogP contribution in [0.3, 0.4) is 0 Å². The summed E-state index contributed by atoms with van der Waals surface area (Å²) in [6.07, 6.45) is 3.43. The van der Waals surface area contributed by atoms with Gasteiger partial charge in [-0.3, -0.25) is 0 Å². The average Bonchev–Trinajstić information content (AvgIpc) is 3.49. The highest BCUT2D eigenvalue weighted by Crippen LogP contribution is 2.51. The van der Waals surface area contributed by atoms with Crippen LogP contribution in [0.25, 0.3) is 5.70 Å². The van der Waals surface area contributed by atoms with Crippen LogP contribution in [0.2, 0.25) is 5.02 Å². The quantitative estimate of drug-likeness (QED) is 0.362. The number of benzene rings is 2. The maximum Gasteiger partial charge on any atom is 0.226 e. The number of hydrogen-bond acceptors (Lipinski definition) is 6. The lowest BCUT2D eigenvalue weighted by atomic mass is 9.86. The van der Waals surface area contributed by atoms with E-state index in [-0.39, 0.29) is 12.1 Å². The second-order valence-electron chi connectivity index (χ2n) is 7.31. The zero-order valence-corrected chi connectivity index (χ0v) is 18.8. The minimum absolute atomic E-state index is 0.149. The van der Waals surface area contributed by atoms with Crippen LogP contribution in [0, 0.1) is 0 Å². The van der Waals surface area contributed by atoms with Crippen molar-refractivity contribution in [3.8, 4) is 5.75 Å². The largest absolute Gasteiger partial charge is 0.480 e. The molecule has 0 unspecified atom stereocenters. The third-order valence-electron chi connectivity index (χ3n) is 5.61. The predicted octanol–water partition coefficient (Wildman–Crippen LogP) is 6.27.